The number of carboxylic acids is 1. The standard InChI is InChI=1S/C12H7N3O3/c13-7-8-6-9(3-5-14-8)18-10-2-1-4-15-11(10)12(16)17/h1-6H,(H,16,17). The summed E-state index contributed by atoms with van der Waals surface area (Å²) in [6, 6.07) is 7.86. The van der Waals surface area contributed by atoms with Crippen molar-refractivity contribution < 1.29 is 14.6 Å². The molecule has 0 bridgehead atoms. The third kappa shape index (κ3) is 2.41. The Hall–Kier alpha value is -2.94. The smallest absolute Gasteiger partial charge is 0.358 e. The summed E-state index contributed by atoms with van der Waals surface area (Å²) in [7, 11) is 0. The van der Waals surface area contributed by atoms with Crippen LogP contribution in [0.5, 0.6) is 11.5 Å². The predicted molar refractivity (Wildman–Crippen MR) is 60.2 cm³/mol. The molecule has 6 nitrogen and oxygen atoms in total. The average Bonchev–Trinajstić information content (AvgIpc) is 2.39. The topological polar surface area (TPSA) is 96.1 Å². The Morgan fingerprint density at radius 3 is 2.89 bits per heavy atom. The molecule has 1 N–H and O–H groups in total. The zero-order valence-corrected chi connectivity index (χ0v) is 9.07. The minimum Gasteiger partial charge on any atom is -0.476 e. The molecule has 0 aromatic carbocycles. The van der Waals surface area contributed by atoms with E-state index in [4.69, 9.17) is 15.1 Å². The molecule has 0 amide bonds. The van der Waals surface area contributed by atoms with E-state index in [1.54, 1.807) is 6.07 Å². The minimum absolute atomic E-state index is 0.111. The predicted octanol–water partition coefficient (Wildman–Crippen LogP) is 1.84. The van der Waals surface area contributed by atoms with Crippen molar-refractivity contribution in [3.63, 3.8) is 0 Å². The maximum atomic E-state index is 10.9. The highest BCUT2D eigenvalue weighted by Crippen LogP contribution is 2.23. The number of pyridine rings is 2. The lowest BCUT2D eigenvalue weighted by atomic mass is 10.3. The number of aromatic nitrogens is 2. The van der Waals surface area contributed by atoms with E-state index in [-0.39, 0.29) is 17.1 Å². The summed E-state index contributed by atoms with van der Waals surface area (Å²) in [6.07, 6.45) is 2.77. The highest BCUT2D eigenvalue weighted by Gasteiger charge is 2.13. The summed E-state index contributed by atoms with van der Waals surface area (Å²) in [6.45, 7) is 0. The Bertz CT molecular complexity index is 634. The van der Waals surface area contributed by atoms with Crippen LogP contribution in [0.1, 0.15) is 16.2 Å². The largest absolute Gasteiger partial charge is 0.476 e. The van der Waals surface area contributed by atoms with Crippen LogP contribution in [0.4, 0.5) is 0 Å². The van der Waals surface area contributed by atoms with E-state index in [9.17, 15) is 4.79 Å². The molecule has 0 fully saturated rings. The molecule has 0 radical (unpaired) electrons. The number of ether oxygens (including phenoxy) is 1. The molecule has 6 heteroatoms. The first kappa shape index (κ1) is 11.5. The van der Waals surface area contributed by atoms with E-state index >= 15 is 0 Å². The van der Waals surface area contributed by atoms with Crippen molar-refractivity contribution in [1.82, 2.24) is 9.97 Å². The average molecular weight is 241 g/mol. The van der Waals surface area contributed by atoms with Crippen molar-refractivity contribution in [2.75, 3.05) is 0 Å². The number of nitriles is 1. The normalized spacial score (nSPS) is 9.50. The molecule has 0 aliphatic rings. The SMILES string of the molecule is N#Cc1cc(Oc2cccnc2C(=O)O)ccn1. The Kier molecular flexibility index (Phi) is 3.16. The van der Waals surface area contributed by atoms with Crippen LogP contribution in [-0.4, -0.2) is 21.0 Å². The molecular weight excluding hydrogens is 234 g/mol. The number of hydrogen-bond donors (Lipinski definition) is 1. The number of carboxylic acid groups (broad SMARTS) is 1. The molecular formula is C12H7N3O3. The van der Waals surface area contributed by atoms with Crippen molar-refractivity contribution in [2.45, 2.75) is 0 Å². The third-order valence-electron chi connectivity index (χ3n) is 2.05. The van der Waals surface area contributed by atoms with Gasteiger partial charge in [-0.1, -0.05) is 0 Å². The Labute approximate surface area is 102 Å². The Morgan fingerprint density at radius 1 is 1.33 bits per heavy atom. The number of rotatable bonds is 3. The Balaban J connectivity index is 2.34. The van der Waals surface area contributed by atoms with E-state index in [0.717, 1.165) is 0 Å². The number of nitrogens with zero attached hydrogens (tertiary/aromatic N) is 3. The van der Waals surface area contributed by atoms with Gasteiger partial charge in [-0.05, 0) is 18.2 Å². The van der Waals surface area contributed by atoms with Crippen LogP contribution in [-0.2, 0) is 0 Å². The molecule has 0 spiro atoms. The maximum Gasteiger partial charge on any atom is 0.358 e. The van der Waals surface area contributed by atoms with Gasteiger partial charge in [0, 0.05) is 18.5 Å². The molecule has 0 aliphatic carbocycles. The number of aromatic carboxylic acids is 1. The summed E-state index contributed by atoms with van der Waals surface area (Å²) < 4.78 is 5.38. The van der Waals surface area contributed by atoms with E-state index in [0.29, 0.717) is 5.75 Å². The summed E-state index contributed by atoms with van der Waals surface area (Å²) in [5.41, 5.74) is 0.00100. The van der Waals surface area contributed by atoms with E-state index < -0.39 is 5.97 Å². The molecule has 0 atom stereocenters. The Morgan fingerprint density at radius 2 is 2.17 bits per heavy atom. The van der Waals surface area contributed by atoms with E-state index in [1.807, 2.05) is 6.07 Å². The van der Waals surface area contributed by atoms with Gasteiger partial charge in [0.1, 0.15) is 17.5 Å². The fourth-order valence-corrected chi connectivity index (χ4v) is 1.30. The van der Waals surface area contributed by atoms with Gasteiger partial charge in [-0.3, -0.25) is 0 Å². The quantitative estimate of drug-likeness (QED) is 0.880. The zero-order chi connectivity index (χ0) is 13.0. The van der Waals surface area contributed by atoms with Gasteiger partial charge in [-0.15, -0.1) is 0 Å². The van der Waals surface area contributed by atoms with Gasteiger partial charge < -0.3 is 9.84 Å². The number of hydrogen-bond acceptors (Lipinski definition) is 5. The summed E-state index contributed by atoms with van der Waals surface area (Å²) >= 11 is 0. The van der Waals surface area contributed by atoms with Crippen LogP contribution in [0.25, 0.3) is 0 Å². The van der Waals surface area contributed by atoms with Gasteiger partial charge in [0.2, 0.25) is 0 Å². The lowest BCUT2D eigenvalue weighted by molar-refractivity contribution is 0.0687. The third-order valence-corrected chi connectivity index (χ3v) is 2.05. The van der Waals surface area contributed by atoms with Crippen molar-refractivity contribution >= 4 is 5.97 Å². The molecule has 2 aromatic rings. The lowest BCUT2D eigenvalue weighted by Crippen LogP contribution is -2.02. The molecule has 88 valence electrons. The molecule has 2 aromatic heterocycles. The van der Waals surface area contributed by atoms with Gasteiger partial charge in [0.25, 0.3) is 0 Å². The van der Waals surface area contributed by atoms with Crippen LogP contribution in [0.15, 0.2) is 36.7 Å². The second-order valence-corrected chi connectivity index (χ2v) is 3.25. The fraction of sp³-hybridized carbons (Fsp3) is 0. The molecule has 0 saturated carbocycles. The van der Waals surface area contributed by atoms with Gasteiger partial charge in [0.15, 0.2) is 11.4 Å². The number of carbonyl (C=O) groups is 1. The first-order valence-corrected chi connectivity index (χ1v) is 4.93. The van der Waals surface area contributed by atoms with Crippen LogP contribution in [0, 0.1) is 11.3 Å². The van der Waals surface area contributed by atoms with Crippen molar-refractivity contribution in [1.29, 1.82) is 5.26 Å². The van der Waals surface area contributed by atoms with E-state index in [1.165, 1.54) is 30.6 Å². The van der Waals surface area contributed by atoms with E-state index in [2.05, 4.69) is 9.97 Å². The van der Waals surface area contributed by atoms with Crippen molar-refractivity contribution in [3.05, 3.63) is 48.0 Å². The van der Waals surface area contributed by atoms with Gasteiger partial charge in [-0.25, -0.2) is 14.8 Å². The van der Waals surface area contributed by atoms with Crippen molar-refractivity contribution in [3.8, 4) is 17.6 Å². The zero-order valence-electron chi connectivity index (χ0n) is 9.07. The van der Waals surface area contributed by atoms with Crippen LogP contribution < -0.4 is 4.74 Å². The van der Waals surface area contributed by atoms with Gasteiger partial charge >= 0.3 is 5.97 Å². The van der Waals surface area contributed by atoms with Crippen LogP contribution in [0.3, 0.4) is 0 Å². The fourth-order valence-electron chi connectivity index (χ4n) is 1.30. The first-order valence-electron chi connectivity index (χ1n) is 4.93. The summed E-state index contributed by atoms with van der Waals surface area (Å²) in [5.74, 6) is -0.739. The molecule has 0 saturated heterocycles. The highest BCUT2D eigenvalue weighted by molar-refractivity contribution is 5.88. The summed E-state index contributed by atoms with van der Waals surface area (Å²) in [4.78, 5) is 18.4. The lowest BCUT2D eigenvalue weighted by Gasteiger charge is -2.07. The molecule has 2 rings (SSSR count). The second-order valence-electron chi connectivity index (χ2n) is 3.25. The molecule has 2 heterocycles. The monoisotopic (exact) mass is 241 g/mol. The summed E-state index contributed by atoms with van der Waals surface area (Å²) in [5, 5.41) is 17.6. The first-order chi connectivity index (χ1) is 8.70. The molecule has 0 aliphatic heterocycles. The molecule has 18 heavy (non-hydrogen) atoms. The van der Waals surface area contributed by atoms with Crippen molar-refractivity contribution in [2.24, 2.45) is 0 Å². The van der Waals surface area contributed by atoms with Crippen LogP contribution in [0.2, 0.25) is 0 Å². The van der Waals surface area contributed by atoms with Gasteiger partial charge in [0.05, 0.1) is 0 Å². The second kappa shape index (κ2) is 4.93. The minimum atomic E-state index is -1.18. The van der Waals surface area contributed by atoms with Gasteiger partial charge in [-0.2, -0.15) is 5.26 Å². The molecule has 0 unspecified atom stereocenters. The highest BCUT2D eigenvalue weighted by atomic mass is 16.5. The maximum absolute atomic E-state index is 10.9. The van der Waals surface area contributed by atoms with Crippen LogP contribution >= 0.6 is 0 Å².